The number of carbonyl (C=O) groups excluding carboxylic acids is 2. The lowest BCUT2D eigenvalue weighted by Gasteiger charge is -2.34. The minimum absolute atomic E-state index is 0.0144. The highest BCUT2D eigenvalue weighted by atomic mass is 32.2. The van der Waals surface area contributed by atoms with Gasteiger partial charge in [0.1, 0.15) is 6.04 Å². The third kappa shape index (κ3) is 6.90. The molecule has 1 saturated heterocycles. The molecule has 1 aliphatic rings. The lowest BCUT2D eigenvalue weighted by molar-refractivity contribution is -0.387. The van der Waals surface area contributed by atoms with Crippen molar-refractivity contribution in [1.82, 2.24) is 15.2 Å². The average Bonchev–Trinajstić information content (AvgIpc) is 2.96. The monoisotopic (exact) mass is 545 g/mol. The van der Waals surface area contributed by atoms with E-state index in [1.165, 1.54) is 28.8 Å². The first-order valence-electron chi connectivity index (χ1n) is 12.7. The Morgan fingerprint density at radius 2 is 1.97 bits per heavy atom. The molecule has 1 unspecified atom stereocenters. The molecule has 9 nitrogen and oxygen atoms in total. The molecule has 2 aromatic carbocycles. The van der Waals surface area contributed by atoms with E-state index in [2.05, 4.69) is 24.1 Å². The van der Waals surface area contributed by atoms with E-state index < -0.39 is 11.0 Å². The molecule has 4 rings (SSSR count). The molecule has 3 aromatic rings. The van der Waals surface area contributed by atoms with Crippen molar-refractivity contribution in [2.45, 2.75) is 35.6 Å². The molecule has 10 heteroatoms. The number of carbonyl (C=O) groups is 2. The summed E-state index contributed by atoms with van der Waals surface area (Å²) in [6.07, 6.45) is 6.23. The summed E-state index contributed by atoms with van der Waals surface area (Å²) in [5, 5.41) is 15.1. The highest BCUT2D eigenvalue weighted by Crippen LogP contribution is 2.39. The van der Waals surface area contributed by atoms with Gasteiger partial charge in [0.25, 0.3) is 5.69 Å². The van der Waals surface area contributed by atoms with E-state index in [0.29, 0.717) is 29.2 Å². The number of likely N-dealkylation sites (N-methyl/N-ethyl adjacent to an activating group) is 1. The van der Waals surface area contributed by atoms with Crippen molar-refractivity contribution in [2.24, 2.45) is 0 Å². The number of piperazine rings is 1. The summed E-state index contributed by atoms with van der Waals surface area (Å²) < 4.78 is 0. The predicted octanol–water partition coefficient (Wildman–Crippen LogP) is 4.74. The van der Waals surface area contributed by atoms with Crippen molar-refractivity contribution in [3.05, 3.63) is 94.3 Å². The molecule has 2 amide bonds. The van der Waals surface area contributed by atoms with Crippen molar-refractivity contribution < 1.29 is 14.5 Å². The Morgan fingerprint density at radius 3 is 2.69 bits per heavy atom. The average molecular weight is 546 g/mol. The van der Waals surface area contributed by atoms with Gasteiger partial charge in [0.15, 0.2) is 0 Å². The smallest absolute Gasteiger partial charge is 0.283 e. The van der Waals surface area contributed by atoms with Crippen LogP contribution in [0.4, 0.5) is 11.4 Å². The number of nitrogens with zero attached hydrogens (tertiary/aromatic N) is 4. The van der Waals surface area contributed by atoms with Gasteiger partial charge in [-0.05, 0) is 47.4 Å². The number of hydrogen-bond acceptors (Lipinski definition) is 7. The molecule has 1 N–H and O–H groups in total. The fraction of sp³-hybridized carbons (Fsp3) is 0.276. The molecule has 39 heavy (non-hydrogen) atoms. The zero-order chi connectivity index (χ0) is 27.9. The van der Waals surface area contributed by atoms with Crippen LogP contribution < -0.4 is 10.2 Å². The number of benzene rings is 2. The van der Waals surface area contributed by atoms with Gasteiger partial charge in [-0.3, -0.25) is 24.7 Å². The number of amides is 2. The van der Waals surface area contributed by atoms with Crippen LogP contribution in [0.5, 0.6) is 0 Å². The molecule has 202 valence electrons. The minimum atomic E-state index is -0.549. The van der Waals surface area contributed by atoms with Crippen LogP contribution in [0, 0.1) is 10.1 Å². The Balaban J connectivity index is 1.45. The Hall–Kier alpha value is -4.02. The number of hydrogen-bond donors (Lipinski definition) is 1. The normalized spacial score (nSPS) is 15.5. The second kappa shape index (κ2) is 12.7. The first-order valence-corrected chi connectivity index (χ1v) is 13.5. The molecule has 0 radical (unpaired) electrons. The van der Waals surface area contributed by atoms with Crippen LogP contribution >= 0.6 is 11.8 Å². The summed E-state index contributed by atoms with van der Waals surface area (Å²) in [4.78, 5) is 46.1. The zero-order valence-electron chi connectivity index (χ0n) is 22.1. The van der Waals surface area contributed by atoms with Gasteiger partial charge in [-0.25, -0.2) is 0 Å². The Labute approximate surface area is 232 Å². The molecule has 1 fully saturated rings. The molecule has 0 spiro atoms. The van der Waals surface area contributed by atoms with E-state index >= 15 is 0 Å². The van der Waals surface area contributed by atoms with Gasteiger partial charge in [-0.2, -0.15) is 0 Å². The Bertz CT molecular complexity index is 1380. The van der Waals surface area contributed by atoms with Gasteiger partial charge >= 0.3 is 0 Å². The van der Waals surface area contributed by atoms with Gasteiger partial charge in [0, 0.05) is 49.9 Å². The molecule has 0 aliphatic carbocycles. The molecular weight excluding hydrogens is 514 g/mol. The van der Waals surface area contributed by atoms with E-state index in [1.54, 1.807) is 54.7 Å². The highest BCUT2D eigenvalue weighted by molar-refractivity contribution is 7.99. The van der Waals surface area contributed by atoms with Crippen LogP contribution in [-0.2, 0) is 9.59 Å². The topological polar surface area (TPSA) is 109 Å². The Kier molecular flexibility index (Phi) is 9.11. The largest absolute Gasteiger partial charge is 0.336 e. The summed E-state index contributed by atoms with van der Waals surface area (Å²) in [5.41, 5.74) is 2.34. The first kappa shape index (κ1) is 28.0. The summed E-state index contributed by atoms with van der Waals surface area (Å²) in [6.45, 7) is 5.33. The predicted molar refractivity (Wildman–Crippen MR) is 153 cm³/mol. The number of pyridine rings is 1. The van der Waals surface area contributed by atoms with E-state index in [0.717, 1.165) is 10.5 Å². The molecular formula is C29H31N5O4S. The fourth-order valence-corrected chi connectivity index (χ4v) is 5.52. The third-order valence-electron chi connectivity index (χ3n) is 6.51. The van der Waals surface area contributed by atoms with Gasteiger partial charge in [-0.1, -0.05) is 49.9 Å². The van der Waals surface area contributed by atoms with Crippen LogP contribution in [0.25, 0.3) is 6.08 Å². The van der Waals surface area contributed by atoms with E-state index in [1.807, 2.05) is 24.3 Å². The molecule has 0 saturated carbocycles. The van der Waals surface area contributed by atoms with Crippen molar-refractivity contribution in [1.29, 1.82) is 0 Å². The van der Waals surface area contributed by atoms with E-state index in [-0.39, 0.29) is 30.0 Å². The van der Waals surface area contributed by atoms with Crippen LogP contribution in [0.1, 0.15) is 30.9 Å². The minimum Gasteiger partial charge on any atom is -0.336 e. The van der Waals surface area contributed by atoms with E-state index in [4.69, 9.17) is 0 Å². The van der Waals surface area contributed by atoms with Crippen molar-refractivity contribution >= 4 is 41.0 Å². The molecule has 1 aliphatic heterocycles. The van der Waals surface area contributed by atoms with Crippen LogP contribution in [0.15, 0.2) is 82.9 Å². The number of nitro benzene ring substituents is 1. The maximum absolute atomic E-state index is 13.0. The number of anilines is 1. The lowest BCUT2D eigenvalue weighted by atomic mass is 10.0. The second-order valence-electron chi connectivity index (χ2n) is 9.51. The molecule has 2 heterocycles. The van der Waals surface area contributed by atoms with Crippen molar-refractivity contribution in [3.63, 3.8) is 0 Å². The third-order valence-corrected chi connectivity index (χ3v) is 7.66. The number of aromatic nitrogens is 1. The summed E-state index contributed by atoms with van der Waals surface area (Å²) in [6, 6.07) is 15.9. The zero-order valence-corrected chi connectivity index (χ0v) is 22.9. The fourth-order valence-electron chi connectivity index (χ4n) is 4.34. The standard InChI is InChI=1S/C29H31N5O4S/c1-20(2)23-8-4-5-9-26(23)39-27-12-10-21(17-25(27)34(37)38)11-13-28(35)33-16-15-31-24(19-33)29(36)32(3)22-7-6-14-30-18-22/h4-14,17-18,20,24,31H,15-16,19H2,1-3H3. The molecule has 1 aromatic heterocycles. The maximum atomic E-state index is 13.0. The maximum Gasteiger partial charge on any atom is 0.283 e. The quantitative estimate of drug-likeness (QED) is 0.247. The van der Waals surface area contributed by atoms with Crippen LogP contribution in [-0.4, -0.2) is 59.3 Å². The first-order chi connectivity index (χ1) is 18.7. The van der Waals surface area contributed by atoms with Gasteiger partial charge in [0.05, 0.1) is 21.7 Å². The number of nitrogens with one attached hydrogen (secondary N) is 1. The van der Waals surface area contributed by atoms with E-state index in [9.17, 15) is 19.7 Å². The number of nitro groups is 1. The van der Waals surface area contributed by atoms with Gasteiger partial charge in [-0.15, -0.1) is 0 Å². The molecule has 1 atom stereocenters. The summed E-state index contributed by atoms with van der Waals surface area (Å²) >= 11 is 1.37. The van der Waals surface area contributed by atoms with Gasteiger partial charge in [0.2, 0.25) is 11.8 Å². The molecule has 0 bridgehead atoms. The summed E-state index contributed by atoms with van der Waals surface area (Å²) in [7, 11) is 1.68. The summed E-state index contributed by atoms with van der Waals surface area (Å²) in [5.74, 6) is -0.130. The highest BCUT2D eigenvalue weighted by Gasteiger charge is 2.29. The van der Waals surface area contributed by atoms with Crippen molar-refractivity contribution in [2.75, 3.05) is 31.6 Å². The lowest BCUT2D eigenvalue weighted by Crippen LogP contribution is -2.58. The van der Waals surface area contributed by atoms with Gasteiger partial charge < -0.3 is 15.1 Å². The van der Waals surface area contributed by atoms with Crippen LogP contribution in [0.2, 0.25) is 0 Å². The number of rotatable bonds is 8. The van der Waals surface area contributed by atoms with Crippen LogP contribution in [0.3, 0.4) is 0 Å². The second-order valence-corrected chi connectivity index (χ2v) is 10.6. The SMILES string of the molecule is CC(C)c1ccccc1Sc1ccc(C=CC(=O)N2CCNC(C(=O)N(C)c3cccnc3)C2)cc1[N+](=O)[O-]. The Morgan fingerprint density at radius 1 is 1.18 bits per heavy atom. The van der Waals surface area contributed by atoms with Crippen molar-refractivity contribution in [3.8, 4) is 0 Å².